The highest BCUT2D eigenvalue weighted by molar-refractivity contribution is 5.34. The molecule has 78 valence electrons. The average Bonchev–Trinajstić information content (AvgIpc) is 2.26. The van der Waals surface area contributed by atoms with E-state index in [1.807, 2.05) is 7.05 Å². The van der Waals surface area contributed by atoms with Crippen LogP contribution in [0.25, 0.3) is 0 Å². The van der Waals surface area contributed by atoms with Crippen LogP contribution in [0.3, 0.4) is 0 Å². The lowest BCUT2D eigenvalue weighted by Crippen LogP contribution is -2.19. The van der Waals surface area contributed by atoms with Gasteiger partial charge in [0.15, 0.2) is 0 Å². The summed E-state index contributed by atoms with van der Waals surface area (Å²) in [6.07, 6.45) is 5.63. The second-order valence-electron chi connectivity index (χ2n) is 3.30. The Hall–Kier alpha value is -1.16. The molecule has 0 bridgehead atoms. The van der Waals surface area contributed by atoms with Gasteiger partial charge in [-0.25, -0.2) is 4.98 Å². The number of anilines is 1. The first-order valence-corrected chi connectivity index (χ1v) is 4.90. The minimum absolute atomic E-state index is 0.0496. The van der Waals surface area contributed by atoms with Gasteiger partial charge in [-0.15, -0.1) is 0 Å². The van der Waals surface area contributed by atoms with Crippen LogP contribution in [0, 0.1) is 0 Å². The number of hydrogen-bond acceptors (Lipinski definition) is 4. The minimum atomic E-state index is -0.0496. The predicted molar refractivity (Wildman–Crippen MR) is 56.1 cm³/mol. The van der Waals surface area contributed by atoms with Crippen LogP contribution in [0.4, 0.5) is 5.82 Å². The van der Waals surface area contributed by atoms with Crippen molar-refractivity contribution in [3.05, 3.63) is 18.1 Å². The molecular formula is C10H17N3O. The number of aliphatic hydroxyl groups excluding tert-OH is 1. The van der Waals surface area contributed by atoms with Gasteiger partial charge in [0.25, 0.3) is 0 Å². The maximum atomic E-state index is 8.79. The van der Waals surface area contributed by atoms with Crippen molar-refractivity contribution in [2.45, 2.75) is 26.4 Å². The number of hydrogen-bond donors (Lipinski definition) is 1. The maximum Gasteiger partial charge on any atom is 0.146 e. The molecule has 1 rings (SSSR count). The van der Waals surface area contributed by atoms with Crippen molar-refractivity contribution in [1.29, 1.82) is 0 Å². The molecule has 0 saturated carbocycles. The van der Waals surface area contributed by atoms with Gasteiger partial charge in [0, 0.05) is 13.6 Å². The van der Waals surface area contributed by atoms with Crippen molar-refractivity contribution >= 4 is 5.82 Å². The lowest BCUT2D eigenvalue weighted by atomic mass is 10.3. The zero-order valence-electron chi connectivity index (χ0n) is 8.77. The Bertz CT molecular complexity index is 261. The van der Waals surface area contributed by atoms with Gasteiger partial charge >= 0.3 is 0 Å². The third-order valence-corrected chi connectivity index (χ3v) is 2.09. The molecule has 14 heavy (non-hydrogen) atoms. The standard InChI is InChI=1S/C10H17N3O/c1-3-4-5-13(2)10-7-11-9(8-14)6-12-10/h6-7,14H,3-5,8H2,1-2H3. The van der Waals surface area contributed by atoms with Gasteiger partial charge in [-0.05, 0) is 6.42 Å². The summed E-state index contributed by atoms with van der Waals surface area (Å²) in [5, 5.41) is 8.79. The number of unbranched alkanes of at least 4 members (excludes halogenated alkanes) is 1. The fourth-order valence-corrected chi connectivity index (χ4v) is 1.14. The molecule has 0 aliphatic carbocycles. The normalized spacial score (nSPS) is 10.2. The molecule has 0 fully saturated rings. The number of aliphatic hydroxyl groups is 1. The van der Waals surface area contributed by atoms with Crippen LogP contribution >= 0.6 is 0 Å². The molecule has 0 saturated heterocycles. The first-order valence-electron chi connectivity index (χ1n) is 4.90. The molecule has 1 heterocycles. The maximum absolute atomic E-state index is 8.79. The molecule has 1 aromatic heterocycles. The van der Waals surface area contributed by atoms with Gasteiger partial charge in [0.1, 0.15) is 5.82 Å². The largest absolute Gasteiger partial charge is 0.390 e. The lowest BCUT2D eigenvalue weighted by molar-refractivity contribution is 0.276. The zero-order chi connectivity index (χ0) is 10.4. The van der Waals surface area contributed by atoms with E-state index in [2.05, 4.69) is 21.8 Å². The molecule has 4 nitrogen and oxygen atoms in total. The van der Waals surface area contributed by atoms with E-state index in [1.54, 1.807) is 12.4 Å². The van der Waals surface area contributed by atoms with E-state index >= 15 is 0 Å². The van der Waals surface area contributed by atoms with Crippen LogP contribution in [0.5, 0.6) is 0 Å². The first-order chi connectivity index (χ1) is 6.77. The molecule has 0 aliphatic heterocycles. The Labute approximate surface area is 84.6 Å². The van der Waals surface area contributed by atoms with Crippen molar-refractivity contribution in [2.75, 3.05) is 18.5 Å². The Morgan fingerprint density at radius 2 is 2.14 bits per heavy atom. The second kappa shape index (κ2) is 5.54. The molecule has 0 aliphatic rings. The van der Waals surface area contributed by atoms with Crippen LogP contribution in [0.1, 0.15) is 25.5 Å². The highest BCUT2D eigenvalue weighted by Gasteiger charge is 2.01. The van der Waals surface area contributed by atoms with Crippen LogP contribution < -0.4 is 4.90 Å². The number of aromatic nitrogens is 2. The lowest BCUT2D eigenvalue weighted by Gasteiger charge is -2.16. The number of rotatable bonds is 5. The van der Waals surface area contributed by atoms with Crippen molar-refractivity contribution in [3.63, 3.8) is 0 Å². The minimum Gasteiger partial charge on any atom is -0.390 e. The van der Waals surface area contributed by atoms with Crippen molar-refractivity contribution in [1.82, 2.24) is 9.97 Å². The van der Waals surface area contributed by atoms with Crippen LogP contribution in [-0.2, 0) is 6.61 Å². The van der Waals surface area contributed by atoms with Crippen molar-refractivity contribution in [2.24, 2.45) is 0 Å². The summed E-state index contributed by atoms with van der Waals surface area (Å²) >= 11 is 0. The van der Waals surface area contributed by atoms with Gasteiger partial charge < -0.3 is 10.0 Å². The Balaban J connectivity index is 2.57. The predicted octanol–water partition coefficient (Wildman–Crippen LogP) is 1.21. The third-order valence-electron chi connectivity index (χ3n) is 2.09. The summed E-state index contributed by atoms with van der Waals surface area (Å²) in [5.74, 6) is 0.857. The number of nitrogens with zero attached hydrogens (tertiary/aromatic N) is 3. The average molecular weight is 195 g/mol. The van der Waals surface area contributed by atoms with Crippen LogP contribution in [0.2, 0.25) is 0 Å². The summed E-state index contributed by atoms with van der Waals surface area (Å²) < 4.78 is 0. The molecule has 1 aromatic rings. The summed E-state index contributed by atoms with van der Waals surface area (Å²) in [6.45, 7) is 3.10. The summed E-state index contributed by atoms with van der Waals surface area (Å²) in [5.41, 5.74) is 0.609. The van der Waals surface area contributed by atoms with Gasteiger partial charge in [0.2, 0.25) is 0 Å². The van der Waals surface area contributed by atoms with E-state index in [0.717, 1.165) is 18.8 Å². The molecule has 0 unspecified atom stereocenters. The van der Waals surface area contributed by atoms with Crippen molar-refractivity contribution < 1.29 is 5.11 Å². The summed E-state index contributed by atoms with van der Waals surface area (Å²) in [7, 11) is 2.00. The molecule has 0 aromatic carbocycles. The topological polar surface area (TPSA) is 49.2 Å². The molecule has 4 heteroatoms. The quantitative estimate of drug-likeness (QED) is 0.767. The van der Waals surface area contributed by atoms with Crippen LogP contribution in [-0.4, -0.2) is 28.7 Å². The highest BCUT2D eigenvalue weighted by atomic mass is 16.3. The fourth-order valence-electron chi connectivity index (χ4n) is 1.14. The zero-order valence-corrected chi connectivity index (χ0v) is 8.77. The highest BCUT2D eigenvalue weighted by Crippen LogP contribution is 2.07. The first kappa shape index (κ1) is 10.9. The van der Waals surface area contributed by atoms with E-state index in [9.17, 15) is 0 Å². The molecule has 0 atom stereocenters. The monoisotopic (exact) mass is 195 g/mol. The molecule has 0 amide bonds. The summed E-state index contributed by atoms with van der Waals surface area (Å²) in [6, 6.07) is 0. The fraction of sp³-hybridized carbons (Fsp3) is 0.600. The van der Waals surface area contributed by atoms with Gasteiger partial charge in [-0.3, -0.25) is 4.98 Å². The Morgan fingerprint density at radius 1 is 1.36 bits per heavy atom. The third kappa shape index (κ3) is 2.96. The molecule has 1 N–H and O–H groups in total. The molecular weight excluding hydrogens is 178 g/mol. The van der Waals surface area contributed by atoms with E-state index in [-0.39, 0.29) is 6.61 Å². The SMILES string of the molecule is CCCCN(C)c1cnc(CO)cn1. The molecule has 0 radical (unpaired) electrons. The van der Waals surface area contributed by atoms with E-state index in [1.165, 1.54) is 6.42 Å². The second-order valence-corrected chi connectivity index (χ2v) is 3.30. The van der Waals surface area contributed by atoms with E-state index < -0.39 is 0 Å². The van der Waals surface area contributed by atoms with Gasteiger partial charge in [-0.1, -0.05) is 13.3 Å². The van der Waals surface area contributed by atoms with Crippen LogP contribution in [0.15, 0.2) is 12.4 Å². The van der Waals surface area contributed by atoms with Gasteiger partial charge in [-0.2, -0.15) is 0 Å². The Morgan fingerprint density at radius 3 is 2.64 bits per heavy atom. The molecule has 0 spiro atoms. The van der Waals surface area contributed by atoms with E-state index in [4.69, 9.17) is 5.11 Å². The smallest absolute Gasteiger partial charge is 0.146 e. The van der Waals surface area contributed by atoms with Crippen molar-refractivity contribution in [3.8, 4) is 0 Å². The Kier molecular flexibility index (Phi) is 4.32. The van der Waals surface area contributed by atoms with E-state index in [0.29, 0.717) is 5.69 Å². The van der Waals surface area contributed by atoms with Gasteiger partial charge in [0.05, 0.1) is 24.7 Å². The summed E-state index contributed by atoms with van der Waals surface area (Å²) in [4.78, 5) is 10.3.